The second-order valence-electron chi connectivity index (χ2n) is 5.85. The number of hydrogen-bond donors (Lipinski definition) is 0. The molecule has 0 amide bonds. The van der Waals surface area contributed by atoms with E-state index in [-0.39, 0.29) is 12.3 Å². The fraction of sp³-hybridized carbons (Fsp3) is 0.263. The SMILES string of the molecule is CCCc1ccc(OCc2cn(-c3ccccc3C(F)(F)F)nn2)cc1. The van der Waals surface area contributed by atoms with Crippen LogP contribution in [0.25, 0.3) is 5.69 Å². The molecule has 3 aromatic rings. The molecule has 0 radical (unpaired) electrons. The van der Waals surface area contributed by atoms with Crippen molar-refractivity contribution in [1.82, 2.24) is 15.0 Å². The molecule has 0 saturated carbocycles. The molecule has 26 heavy (non-hydrogen) atoms. The maximum atomic E-state index is 13.1. The second-order valence-corrected chi connectivity index (χ2v) is 5.85. The topological polar surface area (TPSA) is 39.9 Å². The van der Waals surface area contributed by atoms with Gasteiger partial charge in [-0.05, 0) is 36.2 Å². The summed E-state index contributed by atoms with van der Waals surface area (Å²) in [5.74, 6) is 0.676. The van der Waals surface area contributed by atoms with Crippen LogP contribution in [0.5, 0.6) is 5.75 Å². The number of ether oxygens (including phenoxy) is 1. The predicted octanol–water partition coefficient (Wildman–Crippen LogP) is 4.82. The molecule has 0 atom stereocenters. The van der Waals surface area contributed by atoms with E-state index in [1.165, 1.54) is 30.0 Å². The summed E-state index contributed by atoms with van der Waals surface area (Å²) in [5, 5.41) is 7.70. The number of aryl methyl sites for hydroxylation is 1. The average molecular weight is 361 g/mol. The minimum atomic E-state index is -4.46. The zero-order chi connectivity index (χ0) is 18.6. The molecule has 0 spiro atoms. The van der Waals surface area contributed by atoms with Gasteiger partial charge in [0.2, 0.25) is 0 Å². The van der Waals surface area contributed by atoms with Crippen LogP contribution in [0.15, 0.2) is 54.7 Å². The van der Waals surface area contributed by atoms with E-state index in [0.717, 1.165) is 23.6 Å². The Labute approximate surface area is 149 Å². The summed E-state index contributed by atoms with van der Waals surface area (Å²) >= 11 is 0. The highest BCUT2D eigenvalue weighted by Crippen LogP contribution is 2.33. The van der Waals surface area contributed by atoms with Gasteiger partial charge in [0.1, 0.15) is 18.1 Å². The monoisotopic (exact) mass is 361 g/mol. The molecule has 136 valence electrons. The van der Waals surface area contributed by atoms with Crippen molar-refractivity contribution in [3.05, 3.63) is 71.5 Å². The minimum absolute atomic E-state index is 0.0670. The molecule has 0 bridgehead atoms. The molecule has 0 fully saturated rings. The fourth-order valence-electron chi connectivity index (χ4n) is 2.59. The molecule has 3 rings (SSSR count). The van der Waals surface area contributed by atoms with E-state index < -0.39 is 11.7 Å². The number of aromatic nitrogens is 3. The zero-order valence-corrected chi connectivity index (χ0v) is 14.2. The quantitative estimate of drug-likeness (QED) is 0.632. The number of rotatable bonds is 6. The molecular weight excluding hydrogens is 343 g/mol. The Bertz CT molecular complexity index is 857. The van der Waals surface area contributed by atoms with Crippen molar-refractivity contribution in [1.29, 1.82) is 0 Å². The van der Waals surface area contributed by atoms with Gasteiger partial charge < -0.3 is 4.74 Å². The van der Waals surface area contributed by atoms with Crippen LogP contribution in [-0.2, 0) is 19.2 Å². The summed E-state index contributed by atoms with van der Waals surface area (Å²) in [5.41, 5.74) is 0.848. The third kappa shape index (κ3) is 4.22. The third-order valence-corrected chi connectivity index (χ3v) is 3.85. The summed E-state index contributed by atoms with van der Waals surface area (Å²) in [6, 6.07) is 13.0. The number of hydrogen-bond acceptors (Lipinski definition) is 3. The van der Waals surface area contributed by atoms with Gasteiger partial charge in [0, 0.05) is 0 Å². The molecule has 0 aliphatic heterocycles. The highest BCUT2D eigenvalue weighted by atomic mass is 19.4. The van der Waals surface area contributed by atoms with Crippen molar-refractivity contribution in [2.24, 2.45) is 0 Å². The molecule has 0 unspecified atom stereocenters. The smallest absolute Gasteiger partial charge is 0.418 e. The summed E-state index contributed by atoms with van der Waals surface area (Å²) in [4.78, 5) is 0. The minimum Gasteiger partial charge on any atom is -0.487 e. The Kier molecular flexibility index (Phi) is 5.25. The first-order valence-corrected chi connectivity index (χ1v) is 8.27. The molecular formula is C19H18F3N3O. The molecule has 1 heterocycles. The van der Waals surface area contributed by atoms with Gasteiger partial charge >= 0.3 is 6.18 Å². The van der Waals surface area contributed by atoms with Gasteiger partial charge in [0.15, 0.2) is 0 Å². The van der Waals surface area contributed by atoms with Crippen LogP contribution in [-0.4, -0.2) is 15.0 Å². The van der Waals surface area contributed by atoms with E-state index in [1.807, 2.05) is 24.3 Å². The van der Waals surface area contributed by atoms with Crippen molar-refractivity contribution < 1.29 is 17.9 Å². The lowest BCUT2D eigenvalue weighted by molar-refractivity contribution is -0.137. The Morgan fingerprint density at radius 1 is 1.04 bits per heavy atom. The molecule has 0 aliphatic rings. The highest BCUT2D eigenvalue weighted by molar-refractivity contribution is 5.42. The Hall–Kier alpha value is -2.83. The third-order valence-electron chi connectivity index (χ3n) is 3.85. The van der Waals surface area contributed by atoms with Gasteiger partial charge in [0.25, 0.3) is 0 Å². The van der Waals surface area contributed by atoms with Crippen LogP contribution in [0.1, 0.15) is 30.2 Å². The Morgan fingerprint density at radius 2 is 1.77 bits per heavy atom. The first-order chi connectivity index (χ1) is 12.5. The lowest BCUT2D eigenvalue weighted by Gasteiger charge is -2.11. The van der Waals surface area contributed by atoms with Crippen LogP contribution < -0.4 is 4.74 Å². The van der Waals surface area contributed by atoms with E-state index in [4.69, 9.17) is 4.74 Å². The average Bonchev–Trinajstić information content (AvgIpc) is 3.10. The van der Waals surface area contributed by atoms with Crippen molar-refractivity contribution in [2.75, 3.05) is 0 Å². The second kappa shape index (κ2) is 7.59. The van der Waals surface area contributed by atoms with Crippen LogP contribution in [0.3, 0.4) is 0 Å². The summed E-state index contributed by atoms with van der Waals surface area (Å²) in [6.45, 7) is 2.24. The molecule has 2 aromatic carbocycles. The van der Waals surface area contributed by atoms with Gasteiger partial charge in [-0.2, -0.15) is 13.2 Å². The van der Waals surface area contributed by atoms with Crippen LogP contribution in [0.4, 0.5) is 13.2 Å². The van der Waals surface area contributed by atoms with E-state index in [2.05, 4.69) is 17.2 Å². The first-order valence-electron chi connectivity index (χ1n) is 8.27. The molecule has 0 saturated heterocycles. The van der Waals surface area contributed by atoms with E-state index in [1.54, 1.807) is 0 Å². The van der Waals surface area contributed by atoms with Gasteiger partial charge in [-0.3, -0.25) is 0 Å². The first kappa shape index (κ1) is 18.0. The summed E-state index contributed by atoms with van der Waals surface area (Å²) < 4.78 is 46.1. The van der Waals surface area contributed by atoms with Crippen molar-refractivity contribution in [2.45, 2.75) is 32.5 Å². The molecule has 1 aromatic heterocycles. The molecule has 7 heteroatoms. The van der Waals surface area contributed by atoms with Gasteiger partial charge in [-0.1, -0.05) is 42.8 Å². The highest BCUT2D eigenvalue weighted by Gasteiger charge is 2.34. The fourth-order valence-corrected chi connectivity index (χ4v) is 2.59. The van der Waals surface area contributed by atoms with Crippen LogP contribution in [0, 0.1) is 0 Å². The number of alkyl halides is 3. The van der Waals surface area contributed by atoms with E-state index in [0.29, 0.717) is 11.4 Å². The molecule has 0 aliphatic carbocycles. The predicted molar refractivity (Wildman–Crippen MR) is 91.1 cm³/mol. The van der Waals surface area contributed by atoms with Gasteiger partial charge in [-0.15, -0.1) is 5.10 Å². The van der Waals surface area contributed by atoms with Gasteiger partial charge in [-0.25, -0.2) is 4.68 Å². The summed E-state index contributed by atoms with van der Waals surface area (Å²) in [6.07, 6.45) is -0.939. The Balaban J connectivity index is 1.71. The van der Waals surface area contributed by atoms with Gasteiger partial charge in [0.05, 0.1) is 17.4 Å². The van der Waals surface area contributed by atoms with E-state index in [9.17, 15) is 13.2 Å². The van der Waals surface area contributed by atoms with Crippen LogP contribution >= 0.6 is 0 Å². The number of benzene rings is 2. The lowest BCUT2D eigenvalue weighted by atomic mass is 10.1. The van der Waals surface area contributed by atoms with E-state index >= 15 is 0 Å². The van der Waals surface area contributed by atoms with Crippen molar-refractivity contribution >= 4 is 0 Å². The lowest BCUT2D eigenvalue weighted by Crippen LogP contribution is -2.11. The zero-order valence-electron chi connectivity index (χ0n) is 14.2. The van der Waals surface area contributed by atoms with Crippen LogP contribution in [0.2, 0.25) is 0 Å². The maximum absolute atomic E-state index is 13.1. The summed E-state index contributed by atoms with van der Waals surface area (Å²) in [7, 11) is 0. The number of nitrogens with zero attached hydrogens (tertiary/aromatic N) is 3. The Morgan fingerprint density at radius 3 is 2.46 bits per heavy atom. The maximum Gasteiger partial charge on any atom is 0.418 e. The number of para-hydroxylation sites is 1. The van der Waals surface area contributed by atoms with Crippen molar-refractivity contribution in [3.63, 3.8) is 0 Å². The molecule has 4 nitrogen and oxygen atoms in total. The van der Waals surface area contributed by atoms with Crippen molar-refractivity contribution in [3.8, 4) is 11.4 Å². The standard InChI is InChI=1S/C19H18F3N3O/c1-2-5-14-8-10-16(11-9-14)26-13-15-12-25(24-23-15)18-7-4-3-6-17(18)19(20,21)22/h3-4,6-12H,2,5,13H2,1H3. The molecule has 0 N–H and O–H groups in total. The largest absolute Gasteiger partial charge is 0.487 e. The number of halogens is 3. The normalized spacial score (nSPS) is 11.5.